The van der Waals surface area contributed by atoms with Gasteiger partial charge >= 0.3 is 5.97 Å². The van der Waals surface area contributed by atoms with Crippen LogP contribution in [-0.4, -0.2) is 22.4 Å². The van der Waals surface area contributed by atoms with E-state index in [-0.39, 0.29) is 5.97 Å². The number of hydrogen-bond acceptors (Lipinski definition) is 3. The molecule has 0 spiro atoms. The van der Waals surface area contributed by atoms with Crippen molar-refractivity contribution in [1.29, 1.82) is 0 Å². The molecule has 4 nitrogen and oxygen atoms in total. The van der Waals surface area contributed by atoms with Gasteiger partial charge in [-0.05, 0) is 43.6 Å². The van der Waals surface area contributed by atoms with E-state index < -0.39 is 5.54 Å². The van der Waals surface area contributed by atoms with Gasteiger partial charge in [0.15, 0.2) is 5.54 Å². The number of carbonyl (C=O) groups excluding carboxylic acids is 1. The Bertz CT molecular complexity index is 352. The highest BCUT2D eigenvalue weighted by Crippen LogP contribution is 2.21. The first-order valence-electron chi connectivity index (χ1n) is 4.79. The van der Waals surface area contributed by atoms with Crippen LogP contribution in [0.4, 0.5) is 0 Å². The molecule has 0 radical (unpaired) electrons. The number of rotatable bonds is 3. The standard InChI is InChI=1S/C10H15BrN2O2/c1-5-15-9(14)10(3,4)13-6-8(11)7(2)12-13/h6H,5H2,1-4H3. The minimum atomic E-state index is -0.771. The zero-order chi connectivity index (χ0) is 11.6. The summed E-state index contributed by atoms with van der Waals surface area (Å²) < 4.78 is 7.50. The molecular formula is C10H15BrN2O2. The monoisotopic (exact) mass is 274 g/mol. The maximum atomic E-state index is 11.7. The lowest BCUT2D eigenvalue weighted by atomic mass is 10.1. The number of aryl methyl sites for hydroxylation is 1. The maximum absolute atomic E-state index is 11.7. The first-order valence-corrected chi connectivity index (χ1v) is 5.58. The zero-order valence-electron chi connectivity index (χ0n) is 9.37. The summed E-state index contributed by atoms with van der Waals surface area (Å²) in [6, 6.07) is 0. The second kappa shape index (κ2) is 4.35. The first-order chi connectivity index (χ1) is 6.89. The molecule has 0 N–H and O–H groups in total. The van der Waals surface area contributed by atoms with E-state index >= 15 is 0 Å². The molecule has 1 aromatic rings. The lowest BCUT2D eigenvalue weighted by Gasteiger charge is -2.22. The summed E-state index contributed by atoms with van der Waals surface area (Å²) in [6.45, 7) is 7.61. The van der Waals surface area contributed by atoms with Crippen molar-refractivity contribution in [3.05, 3.63) is 16.4 Å². The molecular weight excluding hydrogens is 260 g/mol. The molecule has 1 rings (SSSR count). The topological polar surface area (TPSA) is 44.1 Å². The highest BCUT2D eigenvalue weighted by atomic mass is 79.9. The van der Waals surface area contributed by atoms with Crippen LogP contribution >= 0.6 is 15.9 Å². The van der Waals surface area contributed by atoms with Gasteiger partial charge in [-0.25, -0.2) is 4.79 Å². The van der Waals surface area contributed by atoms with Crippen LogP contribution in [0.5, 0.6) is 0 Å². The highest BCUT2D eigenvalue weighted by Gasteiger charge is 2.32. The molecule has 0 aliphatic carbocycles. The van der Waals surface area contributed by atoms with Crippen molar-refractivity contribution < 1.29 is 9.53 Å². The van der Waals surface area contributed by atoms with Crippen LogP contribution in [-0.2, 0) is 15.1 Å². The van der Waals surface area contributed by atoms with Crippen LogP contribution in [0.1, 0.15) is 26.5 Å². The summed E-state index contributed by atoms with van der Waals surface area (Å²) in [6.07, 6.45) is 1.78. The Morgan fingerprint density at radius 2 is 2.27 bits per heavy atom. The van der Waals surface area contributed by atoms with Gasteiger partial charge < -0.3 is 4.74 Å². The number of esters is 1. The van der Waals surface area contributed by atoms with Crippen molar-refractivity contribution >= 4 is 21.9 Å². The van der Waals surface area contributed by atoms with E-state index in [1.165, 1.54) is 0 Å². The van der Waals surface area contributed by atoms with Crippen LogP contribution in [0.2, 0.25) is 0 Å². The van der Waals surface area contributed by atoms with E-state index in [1.807, 2.05) is 6.92 Å². The second-order valence-electron chi connectivity index (χ2n) is 3.79. The molecule has 0 fully saturated rings. The first kappa shape index (κ1) is 12.2. The minimum absolute atomic E-state index is 0.278. The third kappa shape index (κ3) is 2.40. The Kier molecular flexibility index (Phi) is 3.54. The molecule has 0 aliphatic heterocycles. The van der Waals surface area contributed by atoms with Crippen molar-refractivity contribution in [2.24, 2.45) is 0 Å². The van der Waals surface area contributed by atoms with Gasteiger partial charge in [0.2, 0.25) is 0 Å². The van der Waals surface area contributed by atoms with Crippen LogP contribution in [0.3, 0.4) is 0 Å². The van der Waals surface area contributed by atoms with E-state index in [9.17, 15) is 4.79 Å². The number of aromatic nitrogens is 2. The van der Waals surface area contributed by atoms with Crippen molar-refractivity contribution in [3.8, 4) is 0 Å². The van der Waals surface area contributed by atoms with Crippen LogP contribution in [0.25, 0.3) is 0 Å². The molecule has 0 amide bonds. The number of ether oxygens (including phenoxy) is 1. The van der Waals surface area contributed by atoms with Gasteiger partial charge in [-0.2, -0.15) is 5.10 Å². The van der Waals surface area contributed by atoms with E-state index in [0.717, 1.165) is 10.2 Å². The van der Waals surface area contributed by atoms with Gasteiger partial charge in [0.25, 0.3) is 0 Å². The summed E-state index contributed by atoms with van der Waals surface area (Å²) in [4.78, 5) is 11.7. The predicted octanol–water partition coefficient (Wildman–Crippen LogP) is 2.25. The SMILES string of the molecule is CCOC(=O)C(C)(C)n1cc(Br)c(C)n1. The molecule has 0 saturated heterocycles. The lowest BCUT2D eigenvalue weighted by molar-refractivity contribution is -0.152. The van der Waals surface area contributed by atoms with Crippen molar-refractivity contribution in [2.45, 2.75) is 33.2 Å². The normalized spacial score (nSPS) is 11.5. The fourth-order valence-electron chi connectivity index (χ4n) is 1.13. The maximum Gasteiger partial charge on any atom is 0.333 e. The van der Waals surface area contributed by atoms with Crippen LogP contribution in [0.15, 0.2) is 10.7 Å². The van der Waals surface area contributed by atoms with E-state index in [2.05, 4.69) is 21.0 Å². The largest absolute Gasteiger partial charge is 0.464 e. The molecule has 1 aromatic heterocycles. The molecule has 1 heterocycles. The Balaban J connectivity index is 2.99. The van der Waals surface area contributed by atoms with Crippen molar-refractivity contribution in [2.75, 3.05) is 6.61 Å². The molecule has 0 atom stereocenters. The van der Waals surface area contributed by atoms with E-state index in [1.54, 1.807) is 31.6 Å². The number of nitrogens with zero attached hydrogens (tertiary/aromatic N) is 2. The summed E-state index contributed by atoms with van der Waals surface area (Å²) in [5, 5.41) is 4.25. The third-order valence-corrected chi connectivity index (χ3v) is 2.97. The molecule has 0 unspecified atom stereocenters. The van der Waals surface area contributed by atoms with Gasteiger partial charge in [0, 0.05) is 6.20 Å². The third-order valence-electron chi connectivity index (χ3n) is 2.19. The van der Waals surface area contributed by atoms with Gasteiger partial charge in [-0.3, -0.25) is 4.68 Å². The number of carbonyl (C=O) groups is 1. The zero-order valence-corrected chi connectivity index (χ0v) is 11.0. The molecule has 5 heteroatoms. The predicted molar refractivity (Wildman–Crippen MR) is 60.6 cm³/mol. The average molecular weight is 275 g/mol. The average Bonchev–Trinajstić information content (AvgIpc) is 2.48. The van der Waals surface area contributed by atoms with Crippen molar-refractivity contribution in [3.63, 3.8) is 0 Å². The molecule has 15 heavy (non-hydrogen) atoms. The summed E-state index contributed by atoms with van der Waals surface area (Å²) in [5.74, 6) is -0.278. The van der Waals surface area contributed by atoms with Gasteiger partial charge in [0.1, 0.15) is 0 Å². The fraction of sp³-hybridized carbons (Fsp3) is 0.600. The van der Waals surface area contributed by atoms with E-state index in [0.29, 0.717) is 6.61 Å². The second-order valence-corrected chi connectivity index (χ2v) is 4.64. The Morgan fingerprint density at radius 1 is 1.67 bits per heavy atom. The Morgan fingerprint density at radius 3 is 2.67 bits per heavy atom. The van der Waals surface area contributed by atoms with Crippen LogP contribution < -0.4 is 0 Å². The molecule has 0 aromatic carbocycles. The molecule has 0 saturated carbocycles. The highest BCUT2D eigenvalue weighted by molar-refractivity contribution is 9.10. The summed E-state index contributed by atoms with van der Waals surface area (Å²) in [5.41, 5.74) is 0.0830. The Labute approximate surface area is 97.7 Å². The minimum Gasteiger partial charge on any atom is -0.464 e. The quantitative estimate of drug-likeness (QED) is 0.795. The van der Waals surface area contributed by atoms with E-state index in [4.69, 9.17) is 4.74 Å². The number of halogens is 1. The van der Waals surface area contributed by atoms with Crippen molar-refractivity contribution in [1.82, 2.24) is 9.78 Å². The summed E-state index contributed by atoms with van der Waals surface area (Å²) in [7, 11) is 0. The van der Waals surface area contributed by atoms with Crippen LogP contribution in [0, 0.1) is 6.92 Å². The van der Waals surface area contributed by atoms with Gasteiger partial charge in [0.05, 0.1) is 16.8 Å². The Hall–Kier alpha value is -0.840. The fourth-order valence-corrected chi connectivity index (χ4v) is 1.40. The molecule has 84 valence electrons. The lowest BCUT2D eigenvalue weighted by Crippen LogP contribution is -2.37. The smallest absolute Gasteiger partial charge is 0.333 e. The molecule has 0 aliphatic rings. The molecule has 0 bridgehead atoms. The van der Waals surface area contributed by atoms with Gasteiger partial charge in [-0.15, -0.1) is 0 Å². The number of hydrogen-bond donors (Lipinski definition) is 0. The summed E-state index contributed by atoms with van der Waals surface area (Å²) >= 11 is 3.36. The van der Waals surface area contributed by atoms with Gasteiger partial charge in [-0.1, -0.05) is 0 Å².